The number of benzene rings is 3. The van der Waals surface area contributed by atoms with Crippen LogP contribution in [0.25, 0.3) is 21.7 Å². The Hall–Kier alpha value is -4.33. The minimum Gasteiger partial charge on any atom is -0.496 e. The quantitative estimate of drug-likeness (QED) is 0.231. The van der Waals surface area contributed by atoms with Crippen molar-refractivity contribution in [2.45, 2.75) is 10.3 Å². The maximum atomic E-state index is 13.6. The molecule has 0 radical (unpaired) electrons. The molecule has 216 valence electrons. The SMILES string of the molecule is COc1cccc2c1-c1ccc(NS(C)(=O)=O)cc1C(c1cccc(N(C)S(=O)(=O)c3ccc(-c4ccon4)s3)c1)O2. The summed E-state index contributed by atoms with van der Waals surface area (Å²) < 4.78 is 72.0. The minimum atomic E-state index is -3.90. The number of methoxy groups -OCH3 is 1. The maximum absolute atomic E-state index is 13.6. The van der Waals surface area contributed by atoms with Gasteiger partial charge in [0.25, 0.3) is 10.0 Å². The molecule has 1 aliphatic heterocycles. The van der Waals surface area contributed by atoms with Gasteiger partial charge in [-0.1, -0.05) is 29.4 Å². The van der Waals surface area contributed by atoms with E-state index in [2.05, 4.69) is 9.88 Å². The van der Waals surface area contributed by atoms with E-state index in [-0.39, 0.29) is 4.21 Å². The Morgan fingerprint density at radius 1 is 0.976 bits per heavy atom. The van der Waals surface area contributed by atoms with Gasteiger partial charge in [0.05, 0.1) is 29.5 Å². The van der Waals surface area contributed by atoms with E-state index in [1.807, 2.05) is 30.3 Å². The molecule has 6 rings (SSSR count). The molecule has 0 saturated carbocycles. The van der Waals surface area contributed by atoms with Gasteiger partial charge in [0.1, 0.15) is 33.8 Å². The molecule has 0 aliphatic carbocycles. The summed E-state index contributed by atoms with van der Waals surface area (Å²) >= 11 is 1.10. The second-order valence-electron chi connectivity index (χ2n) is 9.58. The Morgan fingerprint density at radius 3 is 2.52 bits per heavy atom. The van der Waals surface area contributed by atoms with Gasteiger partial charge in [-0.2, -0.15) is 0 Å². The normalized spacial score (nSPS) is 14.4. The Kier molecular flexibility index (Phi) is 6.95. The van der Waals surface area contributed by atoms with Crippen LogP contribution in [0.2, 0.25) is 0 Å². The lowest BCUT2D eigenvalue weighted by atomic mass is 9.88. The topological polar surface area (TPSA) is 128 Å². The average Bonchev–Trinajstić information content (AvgIpc) is 3.68. The van der Waals surface area contributed by atoms with Gasteiger partial charge in [-0.25, -0.2) is 16.8 Å². The first-order valence-electron chi connectivity index (χ1n) is 12.6. The molecule has 0 spiro atoms. The number of rotatable bonds is 8. The average molecular weight is 624 g/mol. The Bertz CT molecular complexity index is 2000. The molecular weight excluding hydrogens is 599 g/mol. The minimum absolute atomic E-state index is 0.158. The second-order valence-corrected chi connectivity index (χ2v) is 14.6. The van der Waals surface area contributed by atoms with Gasteiger partial charge in [-0.15, -0.1) is 11.3 Å². The molecule has 1 aliphatic rings. The van der Waals surface area contributed by atoms with Crippen LogP contribution in [0.5, 0.6) is 11.5 Å². The summed E-state index contributed by atoms with van der Waals surface area (Å²) in [4.78, 5) is 0.671. The molecule has 5 aromatic rings. The molecule has 42 heavy (non-hydrogen) atoms. The third-order valence-electron chi connectivity index (χ3n) is 6.78. The van der Waals surface area contributed by atoms with Gasteiger partial charge < -0.3 is 14.0 Å². The van der Waals surface area contributed by atoms with Gasteiger partial charge in [0.15, 0.2) is 0 Å². The highest BCUT2D eigenvalue weighted by Gasteiger charge is 2.31. The number of fused-ring (bicyclic) bond motifs is 3. The van der Waals surface area contributed by atoms with Gasteiger partial charge in [-0.05, 0) is 59.7 Å². The van der Waals surface area contributed by atoms with Gasteiger partial charge in [0, 0.05) is 24.4 Å². The highest BCUT2D eigenvalue weighted by molar-refractivity contribution is 7.94. The molecule has 10 nitrogen and oxygen atoms in total. The summed E-state index contributed by atoms with van der Waals surface area (Å²) in [5.74, 6) is 1.19. The van der Waals surface area contributed by atoms with Crippen LogP contribution in [0.3, 0.4) is 0 Å². The smallest absolute Gasteiger partial charge is 0.273 e. The van der Waals surface area contributed by atoms with E-state index in [0.29, 0.717) is 44.6 Å². The highest BCUT2D eigenvalue weighted by Crippen LogP contribution is 2.49. The number of hydrogen-bond acceptors (Lipinski definition) is 9. The predicted molar refractivity (Wildman–Crippen MR) is 161 cm³/mol. The van der Waals surface area contributed by atoms with E-state index >= 15 is 0 Å². The first-order valence-corrected chi connectivity index (χ1v) is 16.8. The van der Waals surface area contributed by atoms with Crippen LogP contribution in [-0.2, 0) is 20.0 Å². The fourth-order valence-corrected chi connectivity index (χ4v) is 8.04. The number of ether oxygens (including phenoxy) is 2. The van der Waals surface area contributed by atoms with Crippen LogP contribution in [0.15, 0.2) is 93.9 Å². The van der Waals surface area contributed by atoms with Crippen molar-refractivity contribution in [2.75, 3.05) is 29.4 Å². The standard InChI is InChI=1S/C29H25N3O7S3/c1-32(42(35,36)27-13-12-26(40-27)23-14-15-38-30-23)20-7-4-6-18(16-20)29-22-17-19(31-41(3,33)34)10-11-21(22)28-24(37-2)8-5-9-25(28)39-29/h4-17,29,31H,1-3H3. The molecule has 0 saturated heterocycles. The molecule has 0 bridgehead atoms. The summed E-state index contributed by atoms with van der Waals surface area (Å²) in [7, 11) is -4.36. The second kappa shape index (κ2) is 10.5. The zero-order valence-corrected chi connectivity index (χ0v) is 25.1. The molecule has 1 atom stereocenters. The van der Waals surface area contributed by atoms with Crippen molar-refractivity contribution >= 4 is 42.8 Å². The largest absolute Gasteiger partial charge is 0.496 e. The van der Waals surface area contributed by atoms with Crippen molar-refractivity contribution in [2.24, 2.45) is 0 Å². The van der Waals surface area contributed by atoms with Crippen molar-refractivity contribution in [3.8, 4) is 33.2 Å². The van der Waals surface area contributed by atoms with Crippen LogP contribution < -0.4 is 18.5 Å². The lowest BCUT2D eigenvalue weighted by Crippen LogP contribution is -2.26. The van der Waals surface area contributed by atoms with E-state index in [1.54, 1.807) is 55.6 Å². The lowest BCUT2D eigenvalue weighted by Gasteiger charge is -2.31. The van der Waals surface area contributed by atoms with E-state index in [0.717, 1.165) is 28.7 Å². The zero-order chi connectivity index (χ0) is 29.6. The maximum Gasteiger partial charge on any atom is 0.273 e. The summed E-state index contributed by atoms with van der Waals surface area (Å²) in [6.45, 7) is 0. The summed E-state index contributed by atoms with van der Waals surface area (Å²) in [6, 6.07) is 22.7. The van der Waals surface area contributed by atoms with Crippen LogP contribution >= 0.6 is 11.3 Å². The molecule has 3 heterocycles. The third-order valence-corrected chi connectivity index (χ3v) is 10.7. The number of nitrogens with one attached hydrogen (secondary N) is 1. The predicted octanol–water partition coefficient (Wildman–Crippen LogP) is 5.76. The fourth-order valence-electron chi connectivity index (χ4n) is 4.86. The first kappa shape index (κ1) is 27.8. The molecular formula is C29H25N3O7S3. The van der Waals surface area contributed by atoms with E-state index in [4.69, 9.17) is 14.0 Å². The molecule has 0 amide bonds. The Morgan fingerprint density at radius 2 is 1.79 bits per heavy atom. The van der Waals surface area contributed by atoms with Crippen LogP contribution in [0.4, 0.5) is 11.4 Å². The lowest BCUT2D eigenvalue weighted by molar-refractivity contribution is 0.242. The molecule has 13 heteroatoms. The van der Waals surface area contributed by atoms with Crippen molar-refractivity contribution in [3.63, 3.8) is 0 Å². The number of aromatic nitrogens is 1. The van der Waals surface area contributed by atoms with E-state index in [1.165, 1.54) is 17.6 Å². The van der Waals surface area contributed by atoms with Gasteiger partial charge in [-0.3, -0.25) is 9.03 Å². The van der Waals surface area contributed by atoms with Gasteiger partial charge in [0.2, 0.25) is 10.0 Å². The molecule has 2 aromatic heterocycles. The van der Waals surface area contributed by atoms with Gasteiger partial charge >= 0.3 is 0 Å². The molecule has 0 fully saturated rings. The number of anilines is 2. The third kappa shape index (κ3) is 5.10. The molecule has 1 unspecified atom stereocenters. The van der Waals surface area contributed by atoms with E-state index < -0.39 is 26.2 Å². The number of hydrogen-bond donors (Lipinski definition) is 1. The molecule has 3 aromatic carbocycles. The van der Waals surface area contributed by atoms with Crippen molar-refractivity contribution < 1.29 is 30.8 Å². The van der Waals surface area contributed by atoms with Crippen LogP contribution in [-0.4, -0.2) is 42.4 Å². The Labute approximate surface area is 247 Å². The Balaban J connectivity index is 1.40. The van der Waals surface area contributed by atoms with Crippen molar-refractivity contribution in [1.82, 2.24) is 5.16 Å². The monoisotopic (exact) mass is 623 g/mol. The summed E-state index contributed by atoms with van der Waals surface area (Å²) in [5, 5.41) is 3.89. The summed E-state index contributed by atoms with van der Waals surface area (Å²) in [5.41, 5.74) is 4.28. The highest BCUT2D eigenvalue weighted by atomic mass is 32.2. The number of nitrogens with zero attached hydrogens (tertiary/aromatic N) is 2. The van der Waals surface area contributed by atoms with E-state index in [9.17, 15) is 16.8 Å². The summed E-state index contributed by atoms with van der Waals surface area (Å²) in [6.07, 6.45) is 1.85. The van der Waals surface area contributed by atoms with Crippen molar-refractivity contribution in [3.05, 3.63) is 96.3 Å². The number of thiophene rings is 1. The van der Waals surface area contributed by atoms with Crippen LogP contribution in [0.1, 0.15) is 17.2 Å². The van der Waals surface area contributed by atoms with Crippen LogP contribution in [0, 0.1) is 0 Å². The fraction of sp³-hybridized carbons (Fsp3) is 0.138. The van der Waals surface area contributed by atoms with Crippen molar-refractivity contribution in [1.29, 1.82) is 0 Å². The number of sulfonamides is 2. The first-order chi connectivity index (χ1) is 20.0. The molecule has 1 N–H and O–H groups in total. The zero-order valence-electron chi connectivity index (χ0n) is 22.6.